The van der Waals surface area contributed by atoms with Crippen LogP contribution >= 0.6 is 0 Å². The van der Waals surface area contributed by atoms with Crippen LogP contribution in [0.25, 0.3) is 6.08 Å². The second-order valence-electron chi connectivity index (χ2n) is 11.0. The molecule has 0 radical (unpaired) electrons. The number of aryl methyl sites for hydroxylation is 1. The molecule has 2 amide bonds. The van der Waals surface area contributed by atoms with E-state index in [0.717, 1.165) is 27.3 Å². The number of fused-ring (bicyclic) bond motifs is 5. The topological polar surface area (TPSA) is 84.0 Å². The molecule has 0 aliphatic carbocycles. The Morgan fingerprint density at radius 2 is 1.60 bits per heavy atom. The summed E-state index contributed by atoms with van der Waals surface area (Å²) in [6.45, 7) is 7.46. The molecule has 7 nitrogen and oxygen atoms in total. The number of ketones is 1. The molecule has 40 heavy (non-hydrogen) atoms. The second-order valence-corrected chi connectivity index (χ2v) is 11.0. The van der Waals surface area contributed by atoms with Crippen LogP contribution in [0.5, 0.6) is 5.75 Å². The predicted octanol–water partition coefficient (Wildman–Crippen LogP) is 5.32. The number of carbonyl (C=O) groups is 4. The van der Waals surface area contributed by atoms with Crippen LogP contribution in [0.2, 0.25) is 0 Å². The molecule has 7 heteroatoms. The summed E-state index contributed by atoms with van der Waals surface area (Å²) < 4.78 is 6.09. The van der Waals surface area contributed by atoms with Gasteiger partial charge in [0.05, 0.1) is 23.6 Å². The van der Waals surface area contributed by atoms with Gasteiger partial charge in [-0.3, -0.25) is 14.4 Å². The van der Waals surface area contributed by atoms with Crippen molar-refractivity contribution in [3.8, 4) is 5.75 Å². The Bertz CT molecular complexity index is 1590. The third-order valence-electron chi connectivity index (χ3n) is 8.19. The summed E-state index contributed by atoms with van der Waals surface area (Å²) in [5, 5.41) is 0. The first-order valence-electron chi connectivity index (χ1n) is 13.5. The fourth-order valence-electron chi connectivity index (χ4n) is 6.26. The van der Waals surface area contributed by atoms with E-state index >= 15 is 0 Å². The average molecular weight is 535 g/mol. The van der Waals surface area contributed by atoms with E-state index in [1.54, 1.807) is 24.3 Å². The van der Waals surface area contributed by atoms with Crippen LogP contribution in [0, 0.1) is 18.8 Å². The molecule has 202 valence electrons. The highest BCUT2D eigenvalue weighted by molar-refractivity contribution is 6.24. The van der Waals surface area contributed by atoms with Gasteiger partial charge in [-0.2, -0.15) is 0 Å². The van der Waals surface area contributed by atoms with Crippen LogP contribution in [-0.4, -0.2) is 35.7 Å². The van der Waals surface area contributed by atoms with E-state index in [9.17, 15) is 19.2 Å². The van der Waals surface area contributed by atoms with E-state index in [1.807, 2.05) is 80.3 Å². The van der Waals surface area contributed by atoms with Crippen LogP contribution in [0.1, 0.15) is 53.7 Å². The van der Waals surface area contributed by atoms with Crippen molar-refractivity contribution in [3.05, 3.63) is 95.1 Å². The normalized spacial score (nSPS) is 22.8. The monoisotopic (exact) mass is 534 g/mol. The summed E-state index contributed by atoms with van der Waals surface area (Å²) in [5.41, 5.74) is 4.41. The van der Waals surface area contributed by atoms with Gasteiger partial charge in [-0.1, -0.05) is 56.3 Å². The van der Waals surface area contributed by atoms with Gasteiger partial charge in [0.25, 0.3) is 0 Å². The van der Waals surface area contributed by atoms with E-state index in [4.69, 9.17) is 4.74 Å². The van der Waals surface area contributed by atoms with Gasteiger partial charge < -0.3 is 9.64 Å². The number of hydrogen-bond acceptors (Lipinski definition) is 6. The van der Waals surface area contributed by atoms with Gasteiger partial charge in [0, 0.05) is 11.3 Å². The van der Waals surface area contributed by atoms with Crippen LogP contribution in [0.15, 0.2) is 72.8 Å². The number of nitrogens with zero attached hydrogens (tertiary/aromatic N) is 2. The Kier molecular flexibility index (Phi) is 6.17. The van der Waals surface area contributed by atoms with Crippen molar-refractivity contribution in [2.24, 2.45) is 11.8 Å². The van der Waals surface area contributed by atoms with Crippen molar-refractivity contribution in [3.63, 3.8) is 0 Å². The minimum absolute atomic E-state index is 0.108. The predicted molar refractivity (Wildman–Crippen MR) is 152 cm³/mol. The lowest BCUT2D eigenvalue weighted by atomic mass is 9.88. The van der Waals surface area contributed by atoms with E-state index in [1.165, 1.54) is 6.92 Å². The van der Waals surface area contributed by atoms with Crippen molar-refractivity contribution in [1.29, 1.82) is 0 Å². The maximum atomic E-state index is 14.1. The van der Waals surface area contributed by atoms with Gasteiger partial charge in [0.1, 0.15) is 11.8 Å². The first kappa shape index (κ1) is 25.7. The zero-order valence-electron chi connectivity index (χ0n) is 22.8. The van der Waals surface area contributed by atoms with E-state index in [-0.39, 0.29) is 17.6 Å². The molecule has 4 unspecified atom stereocenters. The molecule has 6 rings (SSSR count). The number of imide groups is 1. The minimum atomic E-state index is -1.00. The quantitative estimate of drug-likeness (QED) is 0.191. The lowest BCUT2D eigenvalue weighted by molar-refractivity contribution is -0.139. The SMILES string of the molecule is CC(=O)c1ccc(N2C(=O)C3C(C2=O)C(C(=O)Oc2cc(C)ccc2C(C)C)N2c4ccccc4C=CC32)cc1. The largest absolute Gasteiger partial charge is 0.425 e. The van der Waals surface area contributed by atoms with Gasteiger partial charge in [-0.15, -0.1) is 0 Å². The highest BCUT2D eigenvalue weighted by atomic mass is 16.5. The Hall–Kier alpha value is -4.52. The molecule has 3 heterocycles. The number of Topliss-reactive ketones (excluding diaryl/α,β-unsaturated/α-hetero) is 1. The van der Waals surface area contributed by atoms with Gasteiger partial charge in [-0.05, 0) is 72.9 Å². The molecule has 0 aromatic heterocycles. The summed E-state index contributed by atoms with van der Waals surface area (Å²) in [5.74, 6) is -2.58. The highest BCUT2D eigenvalue weighted by Crippen LogP contribution is 2.49. The molecule has 0 saturated carbocycles. The van der Waals surface area contributed by atoms with E-state index < -0.39 is 35.8 Å². The number of ether oxygens (including phenoxy) is 1. The number of para-hydroxylation sites is 1. The van der Waals surface area contributed by atoms with Gasteiger partial charge in [-0.25, -0.2) is 9.69 Å². The first-order chi connectivity index (χ1) is 19.2. The van der Waals surface area contributed by atoms with Crippen LogP contribution < -0.4 is 14.5 Å². The molecule has 2 fully saturated rings. The highest BCUT2D eigenvalue weighted by Gasteiger charge is 2.65. The van der Waals surface area contributed by atoms with Gasteiger partial charge in [0.15, 0.2) is 5.78 Å². The molecule has 3 aliphatic heterocycles. The molecule has 2 saturated heterocycles. The fourth-order valence-corrected chi connectivity index (χ4v) is 6.26. The molecule has 3 aliphatic rings. The number of esters is 1. The molecular formula is C33H30N2O5. The maximum Gasteiger partial charge on any atom is 0.335 e. The smallest absolute Gasteiger partial charge is 0.335 e. The third-order valence-corrected chi connectivity index (χ3v) is 8.19. The lowest BCUT2D eigenvalue weighted by Crippen LogP contribution is -2.50. The number of hydrogen-bond donors (Lipinski definition) is 0. The minimum Gasteiger partial charge on any atom is -0.425 e. The Morgan fingerprint density at radius 3 is 2.30 bits per heavy atom. The molecule has 0 N–H and O–H groups in total. The Balaban J connectivity index is 1.43. The zero-order chi connectivity index (χ0) is 28.3. The fraction of sp³-hybridized carbons (Fsp3) is 0.273. The number of carbonyl (C=O) groups excluding carboxylic acids is 4. The standard InChI is InChI=1S/C33H30N2O5/c1-18(2)24-15-9-19(3)17-27(24)40-33(39)30-29-28(26-16-12-22-7-5-6-8-25(22)35(26)30)31(37)34(32(29)38)23-13-10-21(11-14-23)20(4)36/h5-18,26,28-30H,1-4H3. The first-order valence-corrected chi connectivity index (χ1v) is 13.5. The molecule has 3 aromatic carbocycles. The van der Waals surface area contributed by atoms with Gasteiger partial charge >= 0.3 is 5.97 Å². The van der Waals surface area contributed by atoms with Crippen molar-refractivity contribution in [2.45, 2.75) is 45.7 Å². The molecular weight excluding hydrogens is 504 g/mol. The van der Waals surface area contributed by atoms with Gasteiger partial charge in [0.2, 0.25) is 11.8 Å². The number of benzene rings is 3. The van der Waals surface area contributed by atoms with Crippen LogP contribution in [-0.2, 0) is 14.4 Å². The zero-order valence-corrected chi connectivity index (χ0v) is 22.8. The Morgan fingerprint density at radius 1 is 0.900 bits per heavy atom. The molecule has 0 bridgehead atoms. The second kappa shape index (κ2) is 9.59. The third kappa shape index (κ3) is 3.96. The maximum absolute atomic E-state index is 14.1. The molecule has 3 aromatic rings. The van der Waals surface area contributed by atoms with Crippen molar-refractivity contribution in [2.75, 3.05) is 9.80 Å². The van der Waals surface area contributed by atoms with Crippen molar-refractivity contribution < 1.29 is 23.9 Å². The Labute approximate surface area is 233 Å². The average Bonchev–Trinajstić information content (AvgIpc) is 3.41. The number of anilines is 2. The summed E-state index contributed by atoms with van der Waals surface area (Å²) in [6.07, 6.45) is 3.85. The van der Waals surface area contributed by atoms with E-state index in [2.05, 4.69) is 0 Å². The summed E-state index contributed by atoms with van der Waals surface area (Å²) in [4.78, 5) is 56.9. The number of rotatable bonds is 5. The molecule has 4 atom stereocenters. The molecule has 0 spiro atoms. The van der Waals surface area contributed by atoms with E-state index in [0.29, 0.717) is 17.0 Å². The van der Waals surface area contributed by atoms with Crippen LogP contribution in [0.4, 0.5) is 11.4 Å². The number of amides is 2. The van der Waals surface area contributed by atoms with Crippen LogP contribution in [0.3, 0.4) is 0 Å². The van der Waals surface area contributed by atoms with Crippen molar-refractivity contribution in [1.82, 2.24) is 0 Å². The summed E-state index contributed by atoms with van der Waals surface area (Å²) in [6, 6.07) is 18.4. The summed E-state index contributed by atoms with van der Waals surface area (Å²) >= 11 is 0. The van der Waals surface area contributed by atoms with Crippen molar-refractivity contribution >= 4 is 41.0 Å². The summed E-state index contributed by atoms with van der Waals surface area (Å²) in [7, 11) is 0. The lowest BCUT2D eigenvalue weighted by Gasteiger charge is -2.36.